The third-order valence-corrected chi connectivity index (χ3v) is 11.3. The minimum atomic E-state index is -0.347. The Morgan fingerprint density at radius 1 is 0.979 bits per heavy atom. The van der Waals surface area contributed by atoms with Gasteiger partial charge in [-0.25, -0.2) is 0 Å². The van der Waals surface area contributed by atoms with Crippen molar-refractivity contribution >= 4 is 11.6 Å². The van der Waals surface area contributed by atoms with Gasteiger partial charge < -0.3 is 9.64 Å². The fraction of sp³-hybridized carbons (Fsp3) is 0.682. The number of piperidine rings is 1. The van der Waals surface area contributed by atoms with Crippen molar-refractivity contribution in [2.75, 3.05) is 19.8 Å². The van der Waals surface area contributed by atoms with Crippen LogP contribution >= 0.6 is 0 Å². The predicted octanol–water partition coefficient (Wildman–Crippen LogP) is 11.6. The highest BCUT2D eigenvalue weighted by Gasteiger charge is 2.45. The largest absolute Gasteiger partial charge is 0.381 e. The van der Waals surface area contributed by atoms with Crippen LogP contribution in [-0.2, 0) is 14.3 Å². The smallest absolute Gasteiger partial charge is 0.184 e. The first kappa shape index (κ1) is 41.7. The van der Waals surface area contributed by atoms with Gasteiger partial charge in [-0.1, -0.05) is 107 Å². The van der Waals surface area contributed by atoms with Crippen molar-refractivity contribution in [3.63, 3.8) is 0 Å². The van der Waals surface area contributed by atoms with E-state index >= 15 is 0 Å². The lowest BCUT2D eigenvalue weighted by Crippen LogP contribution is -2.47. The average molecular weight is 662 g/mol. The van der Waals surface area contributed by atoms with E-state index in [2.05, 4.69) is 96.1 Å². The fourth-order valence-corrected chi connectivity index (χ4v) is 7.34. The van der Waals surface area contributed by atoms with E-state index in [4.69, 9.17) is 4.74 Å². The standard InChI is InChI=1S/C44H71NO3/c1-11-29-48-30-27-41-20-16-17-28-45(41)39(9)43(47)44(10)32-40(26-24-38(44)8)25-22-34(4)18-14-12-13-15-19-36(6)42(46)31-37(7)35(5)23-21-33(2)3/h12-15,18,23,36-38,40-41H,2,9,11,16-17,19-22,24-32H2,1,3-8,10H3/b14-12+,15-13-,34-18+,35-23+. The molecule has 6 unspecified atom stereocenters. The van der Waals surface area contributed by atoms with E-state index < -0.39 is 0 Å². The molecule has 0 aromatic rings. The number of rotatable bonds is 21. The highest BCUT2D eigenvalue weighted by Crippen LogP contribution is 2.47. The van der Waals surface area contributed by atoms with Gasteiger partial charge in [0.05, 0.1) is 5.70 Å². The number of carbonyl (C=O) groups excluding carboxylic acids is 2. The highest BCUT2D eigenvalue weighted by atomic mass is 16.5. The van der Waals surface area contributed by atoms with Crippen molar-refractivity contribution in [2.24, 2.45) is 29.1 Å². The summed E-state index contributed by atoms with van der Waals surface area (Å²) in [5, 5.41) is 0. The molecule has 0 aromatic carbocycles. The monoisotopic (exact) mass is 662 g/mol. The van der Waals surface area contributed by atoms with Crippen molar-refractivity contribution in [1.82, 2.24) is 4.90 Å². The molecule has 0 spiro atoms. The lowest BCUT2D eigenvalue weighted by molar-refractivity contribution is -0.132. The molecule has 270 valence electrons. The summed E-state index contributed by atoms with van der Waals surface area (Å²) in [6.07, 6.45) is 25.9. The molecule has 1 heterocycles. The summed E-state index contributed by atoms with van der Waals surface area (Å²) in [6, 6.07) is 0.365. The summed E-state index contributed by atoms with van der Waals surface area (Å²) in [5.74, 6) is 1.84. The number of ketones is 2. The Kier molecular flexibility index (Phi) is 18.8. The fourth-order valence-electron chi connectivity index (χ4n) is 7.34. The molecule has 2 fully saturated rings. The molecule has 4 nitrogen and oxygen atoms in total. The van der Waals surface area contributed by atoms with Crippen LogP contribution in [0.4, 0.5) is 0 Å². The molecule has 48 heavy (non-hydrogen) atoms. The molecule has 4 heteroatoms. The second-order valence-corrected chi connectivity index (χ2v) is 15.7. The average Bonchev–Trinajstić information content (AvgIpc) is 3.06. The summed E-state index contributed by atoms with van der Waals surface area (Å²) >= 11 is 0. The second-order valence-electron chi connectivity index (χ2n) is 15.7. The molecular weight excluding hydrogens is 590 g/mol. The molecule has 1 aliphatic carbocycles. The molecule has 2 aliphatic rings. The lowest BCUT2D eigenvalue weighted by atomic mass is 9.61. The number of nitrogens with zero attached hydrogens (tertiary/aromatic N) is 1. The Morgan fingerprint density at radius 2 is 1.73 bits per heavy atom. The first-order valence-corrected chi connectivity index (χ1v) is 19.2. The first-order valence-electron chi connectivity index (χ1n) is 19.2. The number of hydrogen-bond donors (Lipinski definition) is 0. The summed E-state index contributed by atoms with van der Waals surface area (Å²) in [6.45, 7) is 28.1. The van der Waals surface area contributed by atoms with Crippen LogP contribution in [0.3, 0.4) is 0 Å². The second kappa shape index (κ2) is 21.6. The molecule has 1 aliphatic heterocycles. The Morgan fingerprint density at radius 3 is 2.44 bits per heavy atom. The Hall–Kier alpha value is -2.46. The van der Waals surface area contributed by atoms with Crippen LogP contribution in [-0.4, -0.2) is 42.3 Å². The Balaban J connectivity index is 1.84. The number of allylic oxidation sites excluding steroid dienone is 10. The molecule has 2 rings (SSSR count). The first-order chi connectivity index (χ1) is 22.8. The predicted molar refractivity (Wildman–Crippen MR) is 206 cm³/mol. The Labute approximate surface area is 295 Å². The molecule has 6 atom stereocenters. The van der Waals surface area contributed by atoms with E-state index in [0.717, 1.165) is 95.2 Å². The molecule has 0 bridgehead atoms. The molecular formula is C44H71NO3. The summed E-state index contributed by atoms with van der Waals surface area (Å²) < 4.78 is 5.80. The van der Waals surface area contributed by atoms with Gasteiger partial charge >= 0.3 is 0 Å². The van der Waals surface area contributed by atoms with Gasteiger partial charge in [0, 0.05) is 43.6 Å². The summed E-state index contributed by atoms with van der Waals surface area (Å²) in [4.78, 5) is 29.2. The maximum Gasteiger partial charge on any atom is 0.184 e. The van der Waals surface area contributed by atoms with E-state index in [1.807, 2.05) is 13.8 Å². The van der Waals surface area contributed by atoms with Crippen molar-refractivity contribution in [3.8, 4) is 0 Å². The van der Waals surface area contributed by atoms with Crippen LogP contribution in [0.2, 0.25) is 0 Å². The lowest BCUT2D eigenvalue weighted by Gasteiger charge is -2.46. The van der Waals surface area contributed by atoms with E-state index in [1.165, 1.54) is 24.0 Å². The van der Waals surface area contributed by atoms with Crippen LogP contribution in [0.5, 0.6) is 0 Å². The van der Waals surface area contributed by atoms with E-state index in [-0.39, 0.29) is 23.0 Å². The molecule has 0 amide bonds. The van der Waals surface area contributed by atoms with Crippen LogP contribution < -0.4 is 0 Å². The summed E-state index contributed by atoms with van der Waals surface area (Å²) in [7, 11) is 0. The third-order valence-electron chi connectivity index (χ3n) is 11.3. The maximum atomic E-state index is 14.1. The van der Waals surface area contributed by atoms with E-state index in [0.29, 0.717) is 30.1 Å². The number of carbonyl (C=O) groups is 2. The van der Waals surface area contributed by atoms with Crippen molar-refractivity contribution in [1.29, 1.82) is 0 Å². The molecule has 0 aromatic heterocycles. The zero-order chi connectivity index (χ0) is 35.7. The van der Waals surface area contributed by atoms with Crippen LogP contribution in [0.25, 0.3) is 0 Å². The van der Waals surface area contributed by atoms with Crippen molar-refractivity contribution < 1.29 is 14.3 Å². The normalized spacial score (nSPS) is 25.4. The minimum absolute atomic E-state index is 0.0303. The zero-order valence-corrected chi connectivity index (χ0v) is 32.3. The minimum Gasteiger partial charge on any atom is -0.381 e. The van der Waals surface area contributed by atoms with Crippen LogP contribution in [0.15, 0.2) is 72.0 Å². The van der Waals surface area contributed by atoms with Crippen LogP contribution in [0.1, 0.15) is 139 Å². The zero-order valence-electron chi connectivity index (χ0n) is 32.3. The quantitative estimate of drug-likeness (QED) is 0.0531. The number of Topliss-reactive ketones (excluding diaryl/α,β-unsaturated/α-hetero) is 2. The van der Waals surface area contributed by atoms with Crippen molar-refractivity contribution in [3.05, 3.63) is 72.0 Å². The molecule has 0 N–H and O–H groups in total. The number of ether oxygens (including phenoxy) is 1. The van der Waals surface area contributed by atoms with Gasteiger partial charge in [0.25, 0.3) is 0 Å². The van der Waals surface area contributed by atoms with Gasteiger partial charge in [0.2, 0.25) is 0 Å². The molecule has 1 saturated heterocycles. The van der Waals surface area contributed by atoms with Gasteiger partial charge in [-0.15, -0.1) is 0 Å². The van der Waals surface area contributed by atoms with Gasteiger partial charge in [-0.2, -0.15) is 0 Å². The number of likely N-dealkylation sites (tertiary alicyclic amines) is 1. The third kappa shape index (κ3) is 13.8. The summed E-state index contributed by atoms with van der Waals surface area (Å²) in [5.41, 5.74) is 4.18. The Bertz CT molecular complexity index is 1170. The molecule has 1 saturated carbocycles. The van der Waals surface area contributed by atoms with Gasteiger partial charge in [-0.05, 0) is 109 Å². The van der Waals surface area contributed by atoms with E-state index in [9.17, 15) is 9.59 Å². The van der Waals surface area contributed by atoms with E-state index in [1.54, 1.807) is 0 Å². The van der Waals surface area contributed by atoms with Crippen LogP contribution in [0, 0.1) is 29.1 Å². The topological polar surface area (TPSA) is 46.6 Å². The SMILES string of the molecule is C=C(C)C/C=C(\C)C(C)CC(=O)C(C)C\C=C/C=C/C=C(\C)CCC1CCC(C)C(C)(C(=O)C(=C)N2CCCCC2CCOCCC)C1. The van der Waals surface area contributed by atoms with Crippen molar-refractivity contribution in [2.45, 2.75) is 145 Å². The maximum absolute atomic E-state index is 14.1. The van der Waals surface area contributed by atoms with Gasteiger partial charge in [0.1, 0.15) is 5.78 Å². The van der Waals surface area contributed by atoms with Gasteiger partial charge in [0.15, 0.2) is 5.78 Å². The van der Waals surface area contributed by atoms with Gasteiger partial charge in [-0.3, -0.25) is 9.59 Å². The molecule has 0 radical (unpaired) electrons. The number of hydrogen-bond acceptors (Lipinski definition) is 4. The highest BCUT2D eigenvalue weighted by molar-refractivity contribution is 5.99.